The lowest BCUT2D eigenvalue weighted by molar-refractivity contribution is 0.104. The van der Waals surface area contributed by atoms with Gasteiger partial charge in [-0.25, -0.2) is 0 Å². The maximum atomic E-state index is 12.6. The quantitative estimate of drug-likeness (QED) is 0.239. The van der Waals surface area contributed by atoms with Crippen LogP contribution in [0.4, 0.5) is 0 Å². The number of ether oxygens (including phenoxy) is 2. The summed E-state index contributed by atoms with van der Waals surface area (Å²) in [7, 11) is 0. The maximum absolute atomic E-state index is 12.6. The van der Waals surface area contributed by atoms with Crippen molar-refractivity contribution in [1.82, 2.24) is 0 Å². The number of aryl methyl sites for hydroxylation is 1. The largest absolute Gasteiger partial charge is 0.494 e. The molecule has 3 nitrogen and oxygen atoms in total. The van der Waals surface area contributed by atoms with Crippen LogP contribution in [0.25, 0.3) is 6.08 Å². The SMILES string of the molecule is CCCCOc1cccc(C(=O)/C=C/c2cc(CC)ccc2OCCCC)c1. The molecule has 0 heterocycles. The van der Waals surface area contributed by atoms with Crippen molar-refractivity contribution in [3.05, 3.63) is 65.2 Å². The summed E-state index contributed by atoms with van der Waals surface area (Å²) in [5.74, 6) is 1.53. The van der Waals surface area contributed by atoms with Gasteiger partial charge < -0.3 is 9.47 Å². The minimum atomic E-state index is -0.0395. The molecular formula is C25H32O3. The molecule has 0 atom stereocenters. The molecule has 0 saturated heterocycles. The third-order valence-corrected chi connectivity index (χ3v) is 4.54. The summed E-state index contributed by atoms with van der Waals surface area (Å²) < 4.78 is 11.6. The van der Waals surface area contributed by atoms with Crippen molar-refractivity contribution >= 4 is 11.9 Å². The molecule has 0 N–H and O–H groups in total. The van der Waals surface area contributed by atoms with Crippen LogP contribution in [-0.4, -0.2) is 19.0 Å². The zero-order chi connectivity index (χ0) is 20.2. The number of ketones is 1. The monoisotopic (exact) mass is 380 g/mol. The van der Waals surface area contributed by atoms with Crippen LogP contribution in [0.3, 0.4) is 0 Å². The molecule has 28 heavy (non-hydrogen) atoms. The lowest BCUT2D eigenvalue weighted by atomic mass is 10.1. The highest BCUT2D eigenvalue weighted by atomic mass is 16.5. The predicted octanol–water partition coefficient (Wildman–Crippen LogP) is 6.50. The Kier molecular flexibility index (Phi) is 9.33. The topological polar surface area (TPSA) is 35.5 Å². The van der Waals surface area contributed by atoms with E-state index in [0.717, 1.165) is 49.2 Å². The lowest BCUT2D eigenvalue weighted by Gasteiger charge is -2.10. The zero-order valence-electron chi connectivity index (χ0n) is 17.4. The first-order chi connectivity index (χ1) is 13.7. The van der Waals surface area contributed by atoms with E-state index in [1.54, 1.807) is 6.08 Å². The van der Waals surface area contributed by atoms with Crippen LogP contribution in [-0.2, 0) is 6.42 Å². The Labute approximate surface area is 169 Å². The second kappa shape index (κ2) is 12.0. The number of unbranched alkanes of at least 4 members (excludes halogenated alkanes) is 2. The Balaban J connectivity index is 2.13. The number of carbonyl (C=O) groups excluding carboxylic acids is 1. The van der Waals surface area contributed by atoms with Crippen molar-refractivity contribution in [2.24, 2.45) is 0 Å². The predicted molar refractivity (Wildman–Crippen MR) is 116 cm³/mol. The highest BCUT2D eigenvalue weighted by Gasteiger charge is 2.06. The van der Waals surface area contributed by atoms with Gasteiger partial charge in [-0.15, -0.1) is 0 Å². The Bertz CT molecular complexity index is 777. The van der Waals surface area contributed by atoms with E-state index in [2.05, 4.69) is 32.9 Å². The number of benzene rings is 2. The first-order valence-corrected chi connectivity index (χ1v) is 10.4. The number of hydrogen-bond donors (Lipinski definition) is 0. The molecule has 0 aliphatic carbocycles. The van der Waals surface area contributed by atoms with Crippen molar-refractivity contribution in [1.29, 1.82) is 0 Å². The van der Waals surface area contributed by atoms with Gasteiger partial charge in [0.15, 0.2) is 5.78 Å². The van der Waals surface area contributed by atoms with Crippen LogP contribution < -0.4 is 9.47 Å². The normalized spacial score (nSPS) is 11.0. The van der Waals surface area contributed by atoms with Gasteiger partial charge in [0.25, 0.3) is 0 Å². The van der Waals surface area contributed by atoms with Gasteiger partial charge in [-0.05, 0) is 61.2 Å². The van der Waals surface area contributed by atoms with Crippen molar-refractivity contribution in [3.63, 3.8) is 0 Å². The smallest absolute Gasteiger partial charge is 0.185 e. The number of hydrogen-bond acceptors (Lipinski definition) is 3. The van der Waals surface area contributed by atoms with Crippen molar-refractivity contribution in [2.75, 3.05) is 13.2 Å². The Hall–Kier alpha value is -2.55. The number of carbonyl (C=O) groups is 1. The molecule has 2 rings (SSSR count). The Morgan fingerprint density at radius 3 is 2.39 bits per heavy atom. The van der Waals surface area contributed by atoms with Crippen LogP contribution >= 0.6 is 0 Å². The molecule has 2 aromatic rings. The summed E-state index contributed by atoms with van der Waals surface area (Å²) in [4.78, 5) is 12.6. The molecule has 0 aromatic heterocycles. The van der Waals surface area contributed by atoms with E-state index in [-0.39, 0.29) is 5.78 Å². The van der Waals surface area contributed by atoms with E-state index in [4.69, 9.17) is 9.47 Å². The molecule has 0 radical (unpaired) electrons. The van der Waals surface area contributed by atoms with Gasteiger partial charge in [0, 0.05) is 11.1 Å². The van der Waals surface area contributed by atoms with E-state index in [0.29, 0.717) is 18.8 Å². The fraction of sp³-hybridized carbons (Fsp3) is 0.400. The van der Waals surface area contributed by atoms with E-state index < -0.39 is 0 Å². The van der Waals surface area contributed by atoms with E-state index in [9.17, 15) is 4.79 Å². The molecule has 0 bridgehead atoms. The molecule has 3 heteroatoms. The van der Waals surface area contributed by atoms with Crippen molar-refractivity contribution in [3.8, 4) is 11.5 Å². The standard InChI is InChI=1S/C25H32O3/c1-4-7-16-27-23-11-9-10-21(19-23)24(26)14-13-22-18-20(6-3)12-15-25(22)28-17-8-5-2/h9-15,18-19H,4-8,16-17H2,1-3H3/b14-13+. The van der Waals surface area contributed by atoms with Crippen LogP contribution in [0.1, 0.15) is 67.9 Å². The van der Waals surface area contributed by atoms with Crippen molar-refractivity contribution in [2.45, 2.75) is 52.9 Å². The van der Waals surface area contributed by atoms with Gasteiger partial charge in [-0.1, -0.05) is 51.8 Å². The third-order valence-electron chi connectivity index (χ3n) is 4.54. The molecule has 0 unspecified atom stereocenters. The second-order valence-electron chi connectivity index (χ2n) is 6.86. The molecule has 0 spiro atoms. The fourth-order valence-corrected chi connectivity index (χ4v) is 2.74. The number of allylic oxidation sites excluding steroid dienone is 1. The maximum Gasteiger partial charge on any atom is 0.185 e. The summed E-state index contributed by atoms with van der Waals surface area (Å²) >= 11 is 0. The fourth-order valence-electron chi connectivity index (χ4n) is 2.74. The highest BCUT2D eigenvalue weighted by Crippen LogP contribution is 2.23. The first kappa shape index (κ1) is 21.7. The molecule has 0 aliphatic rings. The van der Waals surface area contributed by atoms with Gasteiger partial charge in [0.05, 0.1) is 13.2 Å². The molecule has 0 fully saturated rings. The van der Waals surface area contributed by atoms with E-state index >= 15 is 0 Å². The van der Waals surface area contributed by atoms with E-state index in [1.165, 1.54) is 5.56 Å². The molecular weight excluding hydrogens is 348 g/mol. The average Bonchev–Trinajstić information content (AvgIpc) is 2.73. The Morgan fingerprint density at radius 1 is 0.929 bits per heavy atom. The van der Waals surface area contributed by atoms with Crippen LogP contribution in [0.15, 0.2) is 48.5 Å². The first-order valence-electron chi connectivity index (χ1n) is 10.4. The molecule has 0 saturated carbocycles. The highest BCUT2D eigenvalue weighted by molar-refractivity contribution is 6.07. The summed E-state index contributed by atoms with van der Waals surface area (Å²) in [5, 5.41) is 0. The number of rotatable bonds is 12. The minimum absolute atomic E-state index is 0.0395. The van der Waals surface area contributed by atoms with Crippen LogP contribution in [0.5, 0.6) is 11.5 Å². The zero-order valence-corrected chi connectivity index (χ0v) is 17.4. The van der Waals surface area contributed by atoms with Gasteiger partial charge in [-0.2, -0.15) is 0 Å². The lowest BCUT2D eigenvalue weighted by Crippen LogP contribution is -2.00. The third kappa shape index (κ3) is 6.88. The Morgan fingerprint density at radius 2 is 1.68 bits per heavy atom. The summed E-state index contributed by atoms with van der Waals surface area (Å²) in [5.41, 5.74) is 2.80. The van der Waals surface area contributed by atoms with Crippen LogP contribution in [0.2, 0.25) is 0 Å². The summed E-state index contributed by atoms with van der Waals surface area (Å²) in [6.45, 7) is 7.75. The molecule has 150 valence electrons. The minimum Gasteiger partial charge on any atom is -0.494 e. The van der Waals surface area contributed by atoms with Gasteiger partial charge in [0.1, 0.15) is 11.5 Å². The van der Waals surface area contributed by atoms with Gasteiger partial charge >= 0.3 is 0 Å². The van der Waals surface area contributed by atoms with Crippen LogP contribution in [0, 0.1) is 0 Å². The summed E-state index contributed by atoms with van der Waals surface area (Å²) in [6.07, 6.45) is 8.62. The summed E-state index contributed by atoms with van der Waals surface area (Å²) in [6, 6.07) is 13.6. The second-order valence-corrected chi connectivity index (χ2v) is 6.86. The molecule has 2 aromatic carbocycles. The van der Waals surface area contributed by atoms with E-state index in [1.807, 2.05) is 36.4 Å². The average molecular weight is 381 g/mol. The van der Waals surface area contributed by atoms with Gasteiger partial charge in [0.2, 0.25) is 0 Å². The van der Waals surface area contributed by atoms with Gasteiger partial charge in [-0.3, -0.25) is 4.79 Å². The van der Waals surface area contributed by atoms with Crippen molar-refractivity contribution < 1.29 is 14.3 Å². The molecule has 0 amide bonds. The molecule has 0 aliphatic heterocycles.